The van der Waals surface area contributed by atoms with Crippen molar-refractivity contribution in [3.05, 3.63) is 29.1 Å². The van der Waals surface area contributed by atoms with Gasteiger partial charge in [0.15, 0.2) is 0 Å². The minimum absolute atomic E-state index is 0.0513. The van der Waals surface area contributed by atoms with Crippen molar-refractivity contribution < 1.29 is 19.1 Å². The first-order valence-corrected chi connectivity index (χ1v) is 10.3. The van der Waals surface area contributed by atoms with Crippen molar-refractivity contribution in [2.45, 2.75) is 32.2 Å². The van der Waals surface area contributed by atoms with Gasteiger partial charge in [-0.2, -0.15) is 0 Å². The van der Waals surface area contributed by atoms with Crippen LogP contribution in [0.1, 0.15) is 35.9 Å². The SMILES string of the molecule is CCOC(=O)c1cc2cc(NC(=O)N(CC3CCOC3)C3CC3)ccc2s1. The van der Waals surface area contributed by atoms with E-state index in [1.807, 2.05) is 29.2 Å². The summed E-state index contributed by atoms with van der Waals surface area (Å²) in [6.07, 6.45) is 3.18. The van der Waals surface area contributed by atoms with E-state index in [1.165, 1.54) is 11.3 Å². The van der Waals surface area contributed by atoms with Crippen LogP contribution in [-0.2, 0) is 9.47 Å². The summed E-state index contributed by atoms with van der Waals surface area (Å²) in [4.78, 5) is 27.3. The topological polar surface area (TPSA) is 67.9 Å². The van der Waals surface area contributed by atoms with Crippen LogP contribution >= 0.6 is 11.3 Å². The number of anilines is 1. The third kappa shape index (κ3) is 4.25. The molecule has 0 radical (unpaired) electrons. The highest BCUT2D eigenvalue weighted by Crippen LogP contribution is 2.31. The van der Waals surface area contributed by atoms with E-state index in [-0.39, 0.29) is 12.0 Å². The number of amides is 2. The second-order valence-electron chi connectivity index (χ2n) is 7.13. The highest BCUT2D eigenvalue weighted by molar-refractivity contribution is 7.20. The Kier molecular flexibility index (Phi) is 5.31. The van der Waals surface area contributed by atoms with Gasteiger partial charge >= 0.3 is 12.0 Å². The monoisotopic (exact) mass is 388 g/mol. The van der Waals surface area contributed by atoms with Gasteiger partial charge in [-0.15, -0.1) is 11.3 Å². The predicted octanol–water partition coefficient (Wildman–Crippen LogP) is 4.11. The van der Waals surface area contributed by atoms with Gasteiger partial charge in [0.25, 0.3) is 0 Å². The van der Waals surface area contributed by atoms with Crippen molar-refractivity contribution in [2.75, 3.05) is 31.7 Å². The van der Waals surface area contributed by atoms with Gasteiger partial charge in [-0.25, -0.2) is 9.59 Å². The van der Waals surface area contributed by atoms with Gasteiger partial charge in [0.1, 0.15) is 4.88 Å². The molecule has 1 aliphatic heterocycles. The summed E-state index contributed by atoms with van der Waals surface area (Å²) < 4.78 is 11.5. The average molecular weight is 388 g/mol. The number of benzene rings is 1. The molecule has 1 N–H and O–H groups in total. The molecular formula is C20H24N2O4S. The van der Waals surface area contributed by atoms with Crippen LogP contribution in [0.25, 0.3) is 10.1 Å². The molecule has 2 amide bonds. The molecule has 1 unspecified atom stereocenters. The Hall–Kier alpha value is -2.12. The van der Waals surface area contributed by atoms with Crippen LogP contribution in [0.2, 0.25) is 0 Å². The quantitative estimate of drug-likeness (QED) is 0.756. The van der Waals surface area contributed by atoms with Crippen molar-refractivity contribution in [1.29, 1.82) is 0 Å². The molecule has 2 aromatic rings. The number of carbonyl (C=O) groups excluding carboxylic acids is 2. The maximum Gasteiger partial charge on any atom is 0.348 e. The van der Waals surface area contributed by atoms with Crippen molar-refractivity contribution in [3.63, 3.8) is 0 Å². The number of ether oxygens (including phenoxy) is 2. The zero-order valence-electron chi connectivity index (χ0n) is 15.4. The Bertz CT molecular complexity index is 840. The number of esters is 1. The van der Waals surface area contributed by atoms with E-state index in [4.69, 9.17) is 9.47 Å². The molecular weight excluding hydrogens is 364 g/mol. The highest BCUT2D eigenvalue weighted by Gasteiger charge is 2.34. The average Bonchev–Trinajstić information content (AvgIpc) is 3.18. The summed E-state index contributed by atoms with van der Waals surface area (Å²) in [5.41, 5.74) is 0.744. The summed E-state index contributed by atoms with van der Waals surface area (Å²) in [7, 11) is 0. The second-order valence-corrected chi connectivity index (χ2v) is 8.21. The van der Waals surface area contributed by atoms with Gasteiger partial charge in [0, 0.05) is 35.5 Å². The van der Waals surface area contributed by atoms with Crippen molar-refractivity contribution in [2.24, 2.45) is 5.92 Å². The van der Waals surface area contributed by atoms with Gasteiger partial charge in [-0.05, 0) is 55.8 Å². The van der Waals surface area contributed by atoms with Crippen LogP contribution in [0.5, 0.6) is 0 Å². The third-order valence-corrected chi connectivity index (χ3v) is 6.07. The van der Waals surface area contributed by atoms with E-state index in [0.717, 1.165) is 54.8 Å². The first kappa shape index (κ1) is 18.3. The lowest BCUT2D eigenvalue weighted by molar-refractivity contribution is 0.0532. The number of nitrogens with one attached hydrogen (secondary N) is 1. The summed E-state index contributed by atoms with van der Waals surface area (Å²) in [6.45, 7) is 4.44. The highest BCUT2D eigenvalue weighted by atomic mass is 32.1. The second kappa shape index (κ2) is 7.86. The molecule has 7 heteroatoms. The van der Waals surface area contributed by atoms with Gasteiger partial charge in [0.05, 0.1) is 13.2 Å². The fourth-order valence-corrected chi connectivity index (χ4v) is 4.35. The number of fused-ring (bicyclic) bond motifs is 1. The maximum atomic E-state index is 12.8. The number of urea groups is 1. The first-order chi connectivity index (χ1) is 13.1. The zero-order chi connectivity index (χ0) is 18.8. The van der Waals surface area contributed by atoms with Gasteiger partial charge in [-0.3, -0.25) is 0 Å². The van der Waals surface area contributed by atoms with Crippen LogP contribution in [0.4, 0.5) is 10.5 Å². The standard InChI is InChI=1S/C20H24N2O4S/c1-2-26-19(23)18-10-14-9-15(3-6-17(14)27-18)21-20(24)22(16-4-5-16)11-13-7-8-25-12-13/h3,6,9-10,13,16H,2,4-5,7-8,11-12H2,1H3,(H,21,24). The van der Waals surface area contributed by atoms with Crippen LogP contribution in [-0.4, -0.2) is 49.3 Å². The molecule has 1 aromatic heterocycles. The van der Waals surface area contributed by atoms with Gasteiger partial charge in [0.2, 0.25) is 0 Å². The van der Waals surface area contributed by atoms with E-state index < -0.39 is 0 Å². The Labute approximate surface area is 162 Å². The van der Waals surface area contributed by atoms with Crippen molar-refractivity contribution in [1.82, 2.24) is 4.90 Å². The minimum Gasteiger partial charge on any atom is -0.462 e. The number of hydrogen-bond donors (Lipinski definition) is 1. The Balaban J connectivity index is 1.46. The maximum absolute atomic E-state index is 12.8. The van der Waals surface area contributed by atoms with Crippen LogP contribution < -0.4 is 5.32 Å². The predicted molar refractivity (Wildman–Crippen MR) is 105 cm³/mol. The number of hydrogen-bond acceptors (Lipinski definition) is 5. The fourth-order valence-electron chi connectivity index (χ4n) is 3.41. The fraction of sp³-hybridized carbons (Fsp3) is 0.500. The normalized spacial score (nSPS) is 19.2. The Morgan fingerprint density at radius 3 is 2.85 bits per heavy atom. The molecule has 2 heterocycles. The van der Waals surface area contributed by atoms with E-state index >= 15 is 0 Å². The van der Waals surface area contributed by atoms with Crippen LogP contribution in [0.3, 0.4) is 0 Å². The molecule has 1 aromatic carbocycles. The molecule has 1 aliphatic carbocycles. The third-order valence-electron chi connectivity index (χ3n) is 4.97. The lowest BCUT2D eigenvalue weighted by Crippen LogP contribution is -2.40. The largest absolute Gasteiger partial charge is 0.462 e. The molecule has 0 bridgehead atoms. The molecule has 27 heavy (non-hydrogen) atoms. The van der Waals surface area contributed by atoms with E-state index in [0.29, 0.717) is 23.4 Å². The molecule has 6 nitrogen and oxygen atoms in total. The van der Waals surface area contributed by atoms with E-state index in [1.54, 1.807) is 6.92 Å². The number of thiophene rings is 1. The smallest absolute Gasteiger partial charge is 0.348 e. The van der Waals surface area contributed by atoms with Gasteiger partial charge in [-0.1, -0.05) is 0 Å². The van der Waals surface area contributed by atoms with E-state index in [2.05, 4.69) is 5.32 Å². The Morgan fingerprint density at radius 1 is 1.30 bits per heavy atom. The zero-order valence-corrected chi connectivity index (χ0v) is 16.2. The summed E-state index contributed by atoms with van der Waals surface area (Å²) >= 11 is 1.40. The summed E-state index contributed by atoms with van der Waals surface area (Å²) in [5.74, 6) is 0.130. The number of nitrogens with zero attached hydrogens (tertiary/aromatic N) is 1. The number of carbonyl (C=O) groups is 2. The molecule has 2 fully saturated rings. The minimum atomic E-state index is -0.303. The lowest BCUT2D eigenvalue weighted by Gasteiger charge is -2.25. The molecule has 0 spiro atoms. The van der Waals surface area contributed by atoms with Crippen molar-refractivity contribution >= 4 is 39.1 Å². The van der Waals surface area contributed by atoms with Gasteiger partial charge < -0.3 is 19.7 Å². The van der Waals surface area contributed by atoms with Crippen molar-refractivity contribution in [3.8, 4) is 0 Å². The summed E-state index contributed by atoms with van der Waals surface area (Å²) in [5, 5.41) is 3.96. The molecule has 144 valence electrons. The molecule has 2 aliphatic rings. The first-order valence-electron chi connectivity index (χ1n) is 9.50. The van der Waals surface area contributed by atoms with Crippen LogP contribution in [0.15, 0.2) is 24.3 Å². The van der Waals surface area contributed by atoms with Crippen LogP contribution in [0, 0.1) is 5.92 Å². The van der Waals surface area contributed by atoms with E-state index in [9.17, 15) is 9.59 Å². The molecule has 1 saturated carbocycles. The Morgan fingerprint density at radius 2 is 2.15 bits per heavy atom. The summed E-state index contributed by atoms with van der Waals surface area (Å²) in [6, 6.07) is 7.86. The number of rotatable bonds is 6. The molecule has 4 rings (SSSR count). The molecule has 1 saturated heterocycles. The molecule has 1 atom stereocenters. The lowest BCUT2D eigenvalue weighted by atomic mass is 10.1.